The predicted molar refractivity (Wildman–Crippen MR) is 143 cm³/mol. The Morgan fingerprint density at radius 1 is 0.789 bits per heavy atom. The summed E-state index contributed by atoms with van der Waals surface area (Å²) in [6.07, 6.45) is -0.695. The maximum atomic E-state index is 12.6. The molecule has 2 N–H and O–H groups in total. The van der Waals surface area contributed by atoms with E-state index in [-0.39, 0.29) is 37.7 Å². The predicted octanol–water partition coefficient (Wildman–Crippen LogP) is 4.93. The molecule has 206 valence electrons. The van der Waals surface area contributed by atoms with Crippen LogP contribution in [0.4, 0.5) is 10.5 Å². The standard InChI is InChI=1S/C29H38N2O7/c1-28(2,3)37-26(34)23(31-27(35)38-29(4,5)6)16-17-24(32)30-22-14-12-20(13-15-22)18-25(33)36-19-21-10-8-7-9-11-21/h7-15,23H,16-19H2,1-6H3,(H,30,32)(H,31,35)/t23-/m1/s1. The molecule has 2 aromatic rings. The minimum absolute atomic E-state index is 0.0192. The molecule has 0 aromatic heterocycles. The molecule has 0 heterocycles. The molecule has 0 radical (unpaired) electrons. The van der Waals surface area contributed by atoms with Gasteiger partial charge >= 0.3 is 18.0 Å². The quantitative estimate of drug-likeness (QED) is 0.333. The van der Waals surface area contributed by atoms with Crippen molar-refractivity contribution in [3.63, 3.8) is 0 Å². The van der Waals surface area contributed by atoms with Crippen LogP contribution in [-0.2, 0) is 41.6 Å². The summed E-state index contributed by atoms with van der Waals surface area (Å²) in [7, 11) is 0. The molecule has 2 rings (SSSR count). The maximum Gasteiger partial charge on any atom is 0.408 e. The molecule has 38 heavy (non-hydrogen) atoms. The number of anilines is 1. The molecule has 0 saturated heterocycles. The number of benzene rings is 2. The van der Waals surface area contributed by atoms with Crippen molar-refractivity contribution in [1.82, 2.24) is 5.32 Å². The first kappa shape index (κ1) is 30.3. The Kier molecular flexibility index (Phi) is 10.9. The lowest BCUT2D eigenvalue weighted by Gasteiger charge is -2.26. The lowest BCUT2D eigenvalue weighted by atomic mass is 10.1. The Labute approximate surface area is 224 Å². The molecule has 0 aliphatic carbocycles. The van der Waals surface area contributed by atoms with Crippen molar-refractivity contribution in [3.8, 4) is 0 Å². The first-order chi connectivity index (χ1) is 17.7. The summed E-state index contributed by atoms with van der Waals surface area (Å²) in [5, 5.41) is 5.25. The minimum Gasteiger partial charge on any atom is -0.461 e. The highest BCUT2D eigenvalue weighted by molar-refractivity contribution is 5.91. The van der Waals surface area contributed by atoms with Crippen LogP contribution in [-0.4, -0.2) is 41.2 Å². The monoisotopic (exact) mass is 526 g/mol. The number of hydrogen-bond donors (Lipinski definition) is 2. The third kappa shape index (κ3) is 12.4. The molecule has 9 heteroatoms. The van der Waals surface area contributed by atoms with Crippen LogP contribution in [0, 0.1) is 0 Å². The number of ether oxygens (including phenoxy) is 3. The van der Waals surface area contributed by atoms with Gasteiger partial charge in [-0.05, 0) is 71.2 Å². The molecule has 0 fully saturated rings. The SMILES string of the molecule is CC(C)(C)OC(=O)N[C@H](CCC(=O)Nc1ccc(CC(=O)OCc2ccccc2)cc1)C(=O)OC(C)(C)C. The molecule has 9 nitrogen and oxygen atoms in total. The van der Waals surface area contributed by atoms with E-state index in [1.807, 2.05) is 30.3 Å². The zero-order chi connectivity index (χ0) is 28.3. The van der Waals surface area contributed by atoms with Crippen molar-refractivity contribution in [3.05, 3.63) is 65.7 Å². The Hall–Kier alpha value is -3.88. The molecule has 0 bridgehead atoms. The van der Waals surface area contributed by atoms with Crippen LogP contribution >= 0.6 is 0 Å². The van der Waals surface area contributed by atoms with Crippen LogP contribution in [0.2, 0.25) is 0 Å². The number of nitrogens with one attached hydrogen (secondary N) is 2. The second-order valence-corrected chi connectivity index (χ2v) is 10.8. The fourth-order valence-electron chi connectivity index (χ4n) is 3.23. The van der Waals surface area contributed by atoms with Gasteiger partial charge in [0.1, 0.15) is 23.9 Å². The van der Waals surface area contributed by atoms with Gasteiger partial charge in [-0.2, -0.15) is 0 Å². The largest absolute Gasteiger partial charge is 0.461 e. The van der Waals surface area contributed by atoms with Crippen molar-refractivity contribution in [2.45, 2.75) is 84.7 Å². The van der Waals surface area contributed by atoms with E-state index < -0.39 is 29.3 Å². The van der Waals surface area contributed by atoms with Crippen LogP contribution in [0.25, 0.3) is 0 Å². The molecule has 1 atom stereocenters. The molecule has 0 unspecified atom stereocenters. The molecule has 0 aliphatic rings. The number of rotatable bonds is 10. The molecule has 0 saturated carbocycles. The van der Waals surface area contributed by atoms with Gasteiger partial charge in [0.05, 0.1) is 6.42 Å². The van der Waals surface area contributed by atoms with Gasteiger partial charge < -0.3 is 24.8 Å². The van der Waals surface area contributed by atoms with Gasteiger partial charge in [-0.25, -0.2) is 9.59 Å². The van der Waals surface area contributed by atoms with Crippen LogP contribution in [0.5, 0.6) is 0 Å². The summed E-state index contributed by atoms with van der Waals surface area (Å²) >= 11 is 0. The summed E-state index contributed by atoms with van der Waals surface area (Å²) in [6.45, 7) is 10.5. The molecule has 2 aromatic carbocycles. The van der Waals surface area contributed by atoms with E-state index in [0.29, 0.717) is 5.69 Å². The van der Waals surface area contributed by atoms with E-state index >= 15 is 0 Å². The number of amides is 2. The minimum atomic E-state index is -1.06. The maximum absolute atomic E-state index is 12.6. The Morgan fingerprint density at radius 3 is 1.97 bits per heavy atom. The Morgan fingerprint density at radius 2 is 1.39 bits per heavy atom. The molecular weight excluding hydrogens is 488 g/mol. The number of hydrogen-bond acceptors (Lipinski definition) is 7. The van der Waals surface area contributed by atoms with E-state index in [4.69, 9.17) is 14.2 Å². The van der Waals surface area contributed by atoms with Gasteiger partial charge in [0.25, 0.3) is 0 Å². The van der Waals surface area contributed by atoms with Gasteiger partial charge in [0, 0.05) is 12.1 Å². The van der Waals surface area contributed by atoms with Gasteiger partial charge in [0.15, 0.2) is 0 Å². The van der Waals surface area contributed by atoms with Gasteiger partial charge in [-0.15, -0.1) is 0 Å². The fourth-order valence-corrected chi connectivity index (χ4v) is 3.23. The number of alkyl carbamates (subject to hydrolysis) is 1. The summed E-state index contributed by atoms with van der Waals surface area (Å²) in [6, 6.07) is 15.2. The van der Waals surface area contributed by atoms with Gasteiger partial charge in [-0.3, -0.25) is 9.59 Å². The highest BCUT2D eigenvalue weighted by atomic mass is 16.6. The van der Waals surface area contributed by atoms with E-state index in [2.05, 4.69) is 10.6 Å². The zero-order valence-corrected chi connectivity index (χ0v) is 23.0. The van der Waals surface area contributed by atoms with E-state index in [0.717, 1.165) is 11.1 Å². The topological polar surface area (TPSA) is 120 Å². The highest BCUT2D eigenvalue weighted by Crippen LogP contribution is 2.15. The number of carbonyl (C=O) groups excluding carboxylic acids is 4. The second-order valence-electron chi connectivity index (χ2n) is 10.8. The first-order valence-electron chi connectivity index (χ1n) is 12.5. The molecular formula is C29H38N2O7. The lowest BCUT2D eigenvalue weighted by molar-refractivity contribution is -0.157. The van der Waals surface area contributed by atoms with E-state index in [9.17, 15) is 19.2 Å². The van der Waals surface area contributed by atoms with Crippen LogP contribution in [0.15, 0.2) is 54.6 Å². The van der Waals surface area contributed by atoms with E-state index in [1.54, 1.807) is 65.8 Å². The second kappa shape index (κ2) is 13.6. The van der Waals surface area contributed by atoms with Gasteiger partial charge in [0.2, 0.25) is 5.91 Å². The Balaban J connectivity index is 1.87. The average Bonchev–Trinajstić information content (AvgIpc) is 2.80. The third-order valence-corrected chi connectivity index (χ3v) is 4.87. The van der Waals surface area contributed by atoms with Crippen LogP contribution in [0.3, 0.4) is 0 Å². The zero-order valence-electron chi connectivity index (χ0n) is 23.0. The van der Waals surface area contributed by atoms with Crippen molar-refractivity contribution in [2.75, 3.05) is 5.32 Å². The smallest absolute Gasteiger partial charge is 0.408 e. The summed E-state index contributed by atoms with van der Waals surface area (Å²) in [5.41, 5.74) is 0.681. The third-order valence-electron chi connectivity index (χ3n) is 4.87. The van der Waals surface area contributed by atoms with Crippen molar-refractivity contribution in [1.29, 1.82) is 0 Å². The summed E-state index contributed by atoms with van der Waals surface area (Å²) < 4.78 is 15.9. The van der Waals surface area contributed by atoms with E-state index in [1.165, 1.54) is 0 Å². The first-order valence-corrected chi connectivity index (χ1v) is 12.5. The molecule has 0 aliphatic heterocycles. The molecule has 0 spiro atoms. The Bertz CT molecular complexity index is 1080. The summed E-state index contributed by atoms with van der Waals surface area (Å²) in [5.74, 6) is -1.35. The van der Waals surface area contributed by atoms with Crippen molar-refractivity contribution < 1.29 is 33.4 Å². The average molecular weight is 527 g/mol. The molecule has 2 amide bonds. The van der Waals surface area contributed by atoms with Crippen LogP contribution < -0.4 is 10.6 Å². The van der Waals surface area contributed by atoms with Crippen molar-refractivity contribution in [2.24, 2.45) is 0 Å². The number of carbonyl (C=O) groups is 4. The fraction of sp³-hybridized carbons (Fsp3) is 0.448. The van der Waals surface area contributed by atoms with Gasteiger partial charge in [-0.1, -0.05) is 42.5 Å². The van der Waals surface area contributed by atoms with Crippen molar-refractivity contribution >= 4 is 29.6 Å². The lowest BCUT2D eigenvalue weighted by Crippen LogP contribution is -2.46. The number of esters is 2. The normalized spacial score (nSPS) is 12.2. The van der Waals surface area contributed by atoms with Crippen LogP contribution in [0.1, 0.15) is 65.5 Å². The summed E-state index contributed by atoms with van der Waals surface area (Å²) in [4.78, 5) is 49.5. The highest BCUT2D eigenvalue weighted by Gasteiger charge is 2.29.